The monoisotopic (exact) mass is 474 g/mol. The molecule has 176 valence electrons. The molecule has 0 saturated carbocycles. The second-order valence-corrected chi connectivity index (χ2v) is 8.25. The van der Waals surface area contributed by atoms with Gasteiger partial charge in [0.15, 0.2) is 0 Å². The number of nitrogens with two attached hydrogens (primary N) is 2. The van der Waals surface area contributed by atoms with E-state index in [1.807, 2.05) is 67.6 Å². The van der Waals surface area contributed by atoms with Crippen molar-refractivity contribution in [2.45, 2.75) is 13.0 Å². The highest BCUT2D eigenvalue weighted by atomic mass is 16.1. The number of fused-ring (bicyclic) bond motifs is 1. The molecule has 0 aliphatic rings. The predicted molar refractivity (Wildman–Crippen MR) is 140 cm³/mol. The zero-order chi connectivity index (χ0) is 25.2. The molecule has 0 amide bonds. The summed E-state index contributed by atoms with van der Waals surface area (Å²) in [7, 11) is 0. The summed E-state index contributed by atoms with van der Waals surface area (Å²) in [6, 6.07) is 22.3. The molecule has 2 aromatic carbocycles. The summed E-state index contributed by atoms with van der Waals surface area (Å²) >= 11 is 0. The summed E-state index contributed by atoms with van der Waals surface area (Å²) in [5, 5.41) is 14.1. The molecule has 0 bridgehead atoms. The second-order valence-electron chi connectivity index (χ2n) is 8.25. The second kappa shape index (κ2) is 9.19. The first-order valence-corrected chi connectivity index (χ1v) is 11.2. The fourth-order valence-electron chi connectivity index (χ4n) is 4.27. The fraction of sp³-hybridized carbons (Fsp3) is 0.0741. The smallest absolute Gasteiger partial charge is 0.263 e. The largest absolute Gasteiger partial charge is 0.384 e. The highest BCUT2D eigenvalue weighted by molar-refractivity contribution is 5.96. The number of hydrogen-bond donors (Lipinski definition) is 3. The molecule has 5 rings (SSSR count). The van der Waals surface area contributed by atoms with E-state index in [4.69, 9.17) is 11.5 Å². The van der Waals surface area contributed by atoms with Crippen LogP contribution in [0, 0.1) is 11.3 Å². The van der Waals surface area contributed by atoms with Crippen molar-refractivity contribution in [1.82, 2.24) is 19.5 Å². The van der Waals surface area contributed by atoms with Gasteiger partial charge in [-0.15, -0.1) is 0 Å². The first kappa shape index (κ1) is 22.6. The molecule has 5 N–H and O–H groups in total. The van der Waals surface area contributed by atoms with Crippen LogP contribution in [0.2, 0.25) is 0 Å². The van der Waals surface area contributed by atoms with Crippen molar-refractivity contribution in [3.63, 3.8) is 0 Å². The van der Waals surface area contributed by atoms with Crippen molar-refractivity contribution in [3.05, 3.63) is 101 Å². The van der Waals surface area contributed by atoms with Gasteiger partial charge in [-0.05, 0) is 53.8 Å². The van der Waals surface area contributed by atoms with Crippen LogP contribution in [-0.4, -0.2) is 19.5 Å². The van der Waals surface area contributed by atoms with Gasteiger partial charge in [-0.1, -0.05) is 36.4 Å². The van der Waals surface area contributed by atoms with Gasteiger partial charge in [-0.2, -0.15) is 10.2 Å². The molecular formula is C27H22N8O. The van der Waals surface area contributed by atoms with Crippen LogP contribution >= 0.6 is 0 Å². The zero-order valence-electron chi connectivity index (χ0n) is 19.4. The van der Waals surface area contributed by atoms with Gasteiger partial charge >= 0.3 is 0 Å². The third-order valence-corrected chi connectivity index (χ3v) is 5.91. The Hall–Kier alpha value is -5.23. The molecule has 0 aliphatic heterocycles. The number of hydrogen-bond acceptors (Lipinski definition) is 8. The van der Waals surface area contributed by atoms with Crippen LogP contribution in [-0.2, 0) is 0 Å². The molecule has 9 nitrogen and oxygen atoms in total. The van der Waals surface area contributed by atoms with Gasteiger partial charge in [0.1, 0.15) is 23.3 Å². The Kier molecular flexibility index (Phi) is 5.76. The number of nitriles is 1. The predicted octanol–water partition coefficient (Wildman–Crippen LogP) is 4.05. The van der Waals surface area contributed by atoms with Gasteiger partial charge in [0.2, 0.25) is 5.95 Å². The Labute approximate surface area is 206 Å². The van der Waals surface area contributed by atoms with Crippen LogP contribution in [0.4, 0.5) is 17.6 Å². The number of nitrogens with one attached hydrogen (secondary N) is 1. The molecule has 0 fully saturated rings. The van der Waals surface area contributed by atoms with E-state index < -0.39 is 6.04 Å². The number of aromatic nitrogens is 4. The van der Waals surface area contributed by atoms with Crippen LogP contribution in [0.1, 0.15) is 24.2 Å². The summed E-state index contributed by atoms with van der Waals surface area (Å²) in [5.74, 6) is 0.717. The average Bonchev–Trinajstić information content (AvgIpc) is 2.89. The van der Waals surface area contributed by atoms with Crippen molar-refractivity contribution in [2.24, 2.45) is 0 Å². The number of nitrogen functional groups attached to an aromatic ring is 2. The van der Waals surface area contributed by atoms with E-state index in [0.717, 1.165) is 16.5 Å². The van der Waals surface area contributed by atoms with E-state index in [0.29, 0.717) is 28.4 Å². The molecular weight excluding hydrogens is 452 g/mol. The highest BCUT2D eigenvalue weighted by Crippen LogP contribution is 2.30. The summed E-state index contributed by atoms with van der Waals surface area (Å²) < 4.78 is 1.67. The van der Waals surface area contributed by atoms with E-state index in [9.17, 15) is 10.1 Å². The minimum Gasteiger partial charge on any atom is -0.384 e. The molecule has 5 aromatic rings. The maximum absolute atomic E-state index is 14.2. The Morgan fingerprint density at radius 2 is 1.83 bits per heavy atom. The first-order valence-electron chi connectivity index (χ1n) is 11.2. The molecule has 3 heterocycles. The van der Waals surface area contributed by atoms with Gasteiger partial charge in [-0.3, -0.25) is 9.36 Å². The van der Waals surface area contributed by atoms with Crippen LogP contribution in [0.5, 0.6) is 0 Å². The van der Waals surface area contributed by atoms with Crippen LogP contribution in [0.3, 0.4) is 0 Å². The molecule has 0 spiro atoms. The molecule has 36 heavy (non-hydrogen) atoms. The molecule has 9 heteroatoms. The standard InChI is InChI=1S/C27H22N8O/c1-16(33-25-19(14-28)15-32-27(30)34-25)22-12-18-6-5-9-21(17-10-11-31-23(29)13-17)24(18)26(36)35(22)20-7-3-2-4-8-20/h2-13,15-16H,1H3,(H2,29,31)(H3,30,32,33,34)/t16-/m0/s1. The molecule has 1 atom stereocenters. The Balaban J connectivity index is 1.75. The number of anilines is 3. The summed E-state index contributed by atoms with van der Waals surface area (Å²) in [5.41, 5.74) is 14.7. The van der Waals surface area contributed by atoms with Crippen LogP contribution in [0.15, 0.2) is 83.9 Å². The van der Waals surface area contributed by atoms with E-state index in [-0.39, 0.29) is 17.1 Å². The Morgan fingerprint density at radius 1 is 1.03 bits per heavy atom. The summed E-state index contributed by atoms with van der Waals surface area (Å²) in [6.07, 6.45) is 2.99. The lowest BCUT2D eigenvalue weighted by atomic mass is 9.98. The zero-order valence-corrected chi connectivity index (χ0v) is 19.4. The minimum absolute atomic E-state index is 0.0453. The quantitative estimate of drug-likeness (QED) is 0.345. The third kappa shape index (κ3) is 4.08. The van der Waals surface area contributed by atoms with Crippen molar-refractivity contribution >= 4 is 28.4 Å². The van der Waals surface area contributed by atoms with E-state index in [1.165, 1.54) is 6.20 Å². The lowest BCUT2D eigenvalue weighted by Gasteiger charge is -2.22. The highest BCUT2D eigenvalue weighted by Gasteiger charge is 2.20. The molecule has 0 radical (unpaired) electrons. The number of benzene rings is 2. The number of pyridine rings is 2. The van der Waals surface area contributed by atoms with Crippen LogP contribution in [0.25, 0.3) is 27.6 Å². The average molecular weight is 475 g/mol. The van der Waals surface area contributed by atoms with Crippen molar-refractivity contribution in [3.8, 4) is 22.9 Å². The summed E-state index contributed by atoms with van der Waals surface area (Å²) in [6.45, 7) is 1.90. The Bertz CT molecular complexity index is 1690. The van der Waals surface area contributed by atoms with Gasteiger partial charge < -0.3 is 16.8 Å². The minimum atomic E-state index is -0.413. The van der Waals surface area contributed by atoms with Gasteiger partial charge in [0.05, 0.1) is 17.6 Å². The third-order valence-electron chi connectivity index (χ3n) is 5.91. The van der Waals surface area contributed by atoms with Gasteiger partial charge in [0.25, 0.3) is 5.56 Å². The van der Waals surface area contributed by atoms with Crippen molar-refractivity contribution in [1.29, 1.82) is 5.26 Å². The van der Waals surface area contributed by atoms with Crippen molar-refractivity contribution < 1.29 is 0 Å². The molecule has 3 aromatic heterocycles. The van der Waals surface area contributed by atoms with Gasteiger partial charge in [-0.25, -0.2) is 9.97 Å². The topological polar surface area (TPSA) is 149 Å². The number of rotatable bonds is 5. The lowest BCUT2D eigenvalue weighted by Crippen LogP contribution is -2.26. The number of para-hydroxylation sites is 1. The van der Waals surface area contributed by atoms with Crippen LogP contribution < -0.4 is 22.3 Å². The van der Waals surface area contributed by atoms with Crippen molar-refractivity contribution in [2.75, 3.05) is 16.8 Å². The normalized spacial score (nSPS) is 11.7. The maximum atomic E-state index is 14.2. The lowest BCUT2D eigenvalue weighted by molar-refractivity contribution is 0.772. The molecule has 0 unspecified atom stereocenters. The van der Waals surface area contributed by atoms with Gasteiger partial charge in [0, 0.05) is 17.6 Å². The van der Waals surface area contributed by atoms with E-state index in [1.54, 1.807) is 16.8 Å². The molecule has 0 aliphatic carbocycles. The fourth-order valence-corrected chi connectivity index (χ4v) is 4.27. The first-order chi connectivity index (χ1) is 17.5. The SMILES string of the molecule is C[C@H](Nc1nc(N)ncc1C#N)c1cc2cccc(-c3ccnc(N)c3)c2c(=O)n1-c1ccccc1. The van der Waals surface area contributed by atoms with E-state index in [2.05, 4.69) is 26.3 Å². The maximum Gasteiger partial charge on any atom is 0.263 e. The Morgan fingerprint density at radius 3 is 2.58 bits per heavy atom. The van der Waals surface area contributed by atoms with E-state index >= 15 is 0 Å². The number of nitrogens with zero attached hydrogens (tertiary/aromatic N) is 5. The summed E-state index contributed by atoms with van der Waals surface area (Å²) in [4.78, 5) is 26.3. The molecule has 0 saturated heterocycles.